The second kappa shape index (κ2) is 6.40. The van der Waals surface area contributed by atoms with E-state index in [1.165, 1.54) is 0 Å². The van der Waals surface area contributed by atoms with Crippen LogP contribution < -0.4 is 0 Å². The van der Waals surface area contributed by atoms with Crippen LogP contribution in [-0.2, 0) is 14.0 Å². The van der Waals surface area contributed by atoms with Crippen LogP contribution in [0.5, 0.6) is 0 Å². The Morgan fingerprint density at radius 2 is 1.79 bits per heavy atom. The molecule has 0 spiro atoms. The standard InChI is InChI=1S/C15H30O3Si/c1-7-17-13(16)15(18-19(5)6)10-8-12(9-11-15)14(2,3)4/h12,19H,7-11H2,1-6H3. The summed E-state index contributed by atoms with van der Waals surface area (Å²) in [6, 6.07) is 0. The summed E-state index contributed by atoms with van der Waals surface area (Å²) in [5, 5.41) is 0. The van der Waals surface area contributed by atoms with E-state index in [2.05, 4.69) is 33.9 Å². The van der Waals surface area contributed by atoms with Crippen LogP contribution in [0, 0.1) is 11.3 Å². The normalized spacial score (nSPS) is 28.5. The lowest BCUT2D eigenvalue weighted by Crippen LogP contribution is -2.49. The third-order valence-electron chi connectivity index (χ3n) is 4.13. The second-order valence-corrected chi connectivity index (χ2v) is 9.35. The van der Waals surface area contributed by atoms with E-state index in [-0.39, 0.29) is 5.97 Å². The summed E-state index contributed by atoms with van der Waals surface area (Å²) in [7, 11) is -1.26. The van der Waals surface area contributed by atoms with Crippen LogP contribution in [0.3, 0.4) is 0 Å². The Morgan fingerprint density at radius 1 is 1.26 bits per heavy atom. The predicted molar refractivity (Wildman–Crippen MR) is 80.7 cm³/mol. The zero-order valence-electron chi connectivity index (χ0n) is 13.4. The Morgan fingerprint density at radius 3 is 2.16 bits per heavy atom. The molecule has 1 rings (SSSR count). The van der Waals surface area contributed by atoms with E-state index in [0.29, 0.717) is 17.9 Å². The molecule has 0 heterocycles. The highest BCUT2D eigenvalue weighted by Gasteiger charge is 2.46. The molecule has 0 unspecified atom stereocenters. The van der Waals surface area contributed by atoms with Gasteiger partial charge in [0, 0.05) is 0 Å². The first-order valence-electron chi connectivity index (χ1n) is 7.56. The number of ether oxygens (including phenoxy) is 1. The van der Waals surface area contributed by atoms with Gasteiger partial charge in [0.25, 0.3) is 0 Å². The monoisotopic (exact) mass is 286 g/mol. The molecular formula is C15H30O3Si. The molecule has 0 radical (unpaired) electrons. The number of carbonyl (C=O) groups excluding carboxylic acids is 1. The summed E-state index contributed by atoms with van der Waals surface area (Å²) < 4.78 is 11.4. The van der Waals surface area contributed by atoms with Crippen LogP contribution >= 0.6 is 0 Å². The molecule has 0 aromatic rings. The van der Waals surface area contributed by atoms with Crippen LogP contribution in [0.2, 0.25) is 13.1 Å². The maximum absolute atomic E-state index is 12.3. The lowest BCUT2D eigenvalue weighted by Gasteiger charge is -2.43. The van der Waals surface area contributed by atoms with Gasteiger partial charge >= 0.3 is 5.97 Å². The van der Waals surface area contributed by atoms with Crippen molar-refractivity contribution in [1.82, 2.24) is 0 Å². The zero-order chi connectivity index (χ0) is 14.7. The van der Waals surface area contributed by atoms with E-state index in [0.717, 1.165) is 25.7 Å². The van der Waals surface area contributed by atoms with E-state index < -0.39 is 14.6 Å². The van der Waals surface area contributed by atoms with Crippen molar-refractivity contribution in [2.75, 3.05) is 6.61 Å². The van der Waals surface area contributed by atoms with E-state index >= 15 is 0 Å². The van der Waals surface area contributed by atoms with Crippen LogP contribution in [0.1, 0.15) is 53.4 Å². The second-order valence-electron chi connectivity index (χ2n) is 7.02. The van der Waals surface area contributed by atoms with E-state index in [9.17, 15) is 4.79 Å². The van der Waals surface area contributed by atoms with Crippen molar-refractivity contribution >= 4 is 15.0 Å². The first-order chi connectivity index (χ1) is 8.71. The highest BCUT2D eigenvalue weighted by molar-refractivity contribution is 6.48. The summed E-state index contributed by atoms with van der Waals surface area (Å²) in [5.41, 5.74) is -0.325. The maximum Gasteiger partial charge on any atom is 0.337 e. The molecule has 0 atom stereocenters. The molecule has 1 fully saturated rings. The Hall–Kier alpha value is -0.353. The van der Waals surface area contributed by atoms with Gasteiger partial charge in [-0.3, -0.25) is 0 Å². The van der Waals surface area contributed by atoms with E-state index in [1.807, 2.05) is 6.92 Å². The Labute approximate surface area is 119 Å². The quantitative estimate of drug-likeness (QED) is 0.586. The minimum atomic E-state index is -1.26. The molecule has 19 heavy (non-hydrogen) atoms. The largest absolute Gasteiger partial charge is 0.464 e. The molecule has 0 amide bonds. The zero-order valence-corrected chi connectivity index (χ0v) is 14.6. The molecule has 1 aliphatic carbocycles. The number of carbonyl (C=O) groups is 1. The van der Waals surface area contributed by atoms with Crippen molar-refractivity contribution in [1.29, 1.82) is 0 Å². The molecule has 0 saturated heterocycles. The number of hydrogen-bond donors (Lipinski definition) is 0. The summed E-state index contributed by atoms with van der Waals surface area (Å²) in [5.74, 6) is 0.538. The molecule has 0 aliphatic heterocycles. The third-order valence-corrected chi connectivity index (χ3v) is 5.05. The van der Waals surface area contributed by atoms with Gasteiger partial charge < -0.3 is 9.16 Å². The van der Waals surface area contributed by atoms with Gasteiger partial charge in [-0.2, -0.15) is 0 Å². The molecule has 0 aromatic carbocycles. The van der Waals surface area contributed by atoms with Gasteiger partial charge in [0.15, 0.2) is 14.6 Å². The molecule has 0 bridgehead atoms. The van der Waals surface area contributed by atoms with Crippen LogP contribution in [0.4, 0.5) is 0 Å². The van der Waals surface area contributed by atoms with Gasteiger partial charge in [0.05, 0.1) is 6.61 Å². The minimum absolute atomic E-state index is 0.136. The fraction of sp³-hybridized carbons (Fsp3) is 0.933. The van der Waals surface area contributed by atoms with Crippen molar-refractivity contribution in [2.24, 2.45) is 11.3 Å². The Kier molecular flexibility index (Phi) is 5.62. The first kappa shape index (κ1) is 16.7. The molecule has 0 aromatic heterocycles. The highest BCUT2D eigenvalue weighted by atomic mass is 28.3. The number of esters is 1. The van der Waals surface area contributed by atoms with E-state index in [4.69, 9.17) is 9.16 Å². The van der Waals surface area contributed by atoms with Crippen LogP contribution in [0.25, 0.3) is 0 Å². The van der Waals surface area contributed by atoms with Crippen molar-refractivity contribution in [2.45, 2.75) is 72.1 Å². The molecule has 3 nitrogen and oxygen atoms in total. The summed E-state index contributed by atoms with van der Waals surface area (Å²) in [6.07, 6.45) is 3.75. The van der Waals surface area contributed by atoms with Crippen molar-refractivity contribution in [3.8, 4) is 0 Å². The summed E-state index contributed by atoms with van der Waals surface area (Å²) in [4.78, 5) is 12.3. The average molecular weight is 286 g/mol. The molecule has 1 saturated carbocycles. The van der Waals surface area contributed by atoms with Crippen LogP contribution in [0.15, 0.2) is 0 Å². The lowest BCUT2D eigenvalue weighted by molar-refractivity contribution is -0.167. The fourth-order valence-corrected chi connectivity index (χ4v) is 4.27. The summed E-state index contributed by atoms with van der Waals surface area (Å²) in [6.45, 7) is 13.4. The van der Waals surface area contributed by atoms with Gasteiger partial charge in [-0.05, 0) is 57.0 Å². The number of rotatable bonds is 4. The SMILES string of the molecule is CCOC(=O)C1(O[SiH](C)C)CCC(C(C)(C)C)CC1. The average Bonchev–Trinajstić information content (AvgIpc) is 2.27. The minimum Gasteiger partial charge on any atom is -0.464 e. The third kappa shape index (κ3) is 4.31. The Balaban J connectivity index is 2.77. The highest BCUT2D eigenvalue weighted by Crippen LogP contribution is 2.43. The predicted octanol–water partition coefficient (Wildman–Crippen LogP) is 3.52. The topological polar surface area (TPSA) is 35.5 Å². The van der Waals surface area contributed by atoms with E-state index in [1.54, 1.807) is 0 Å². The van der Waals surface area contributed by atoms with Crippen LogP contribution in [-0.4, -0.2) is 27.2 Å². The first-order valence-corrected chi connectivity index (χ1v) is 10.3. The number of hydrogen-bond acceptors (Lipinski definition) is 3. The van der Waals surface area contributed by atoms with Crippen molar-refractivity contribution < 1.29 is 14.0 Å². The Bertz CT molecular complexity index is 299. The van der Waals surface area contributed by atoms with Gasteiger partial charge in [-0.1, -0.05) is 20.8 Å². The maximum atomic E-state index is 12.3. The molecule has 0 N–H and O–H groups in total. The van der Waals surface area contributed by atoms with Gasteiger partial charge in [-0.15, -0.1) is 0 Å². The lowest BCUT2D eigenvalue weighted by atomic mass is 9.68. The fourth-order valence-electron chi connectivity index (χ4n) is 3.03. The molecule has 112 valence electrons. The smallest absolute Gasteiger partial charge is 0.337 e. The van der Waals surface area contributed by atoms with Crippen molar-refractivity contribution in [3.05, 3.63) is 0 Å². The van der Waals surface area contributed by atoms with Gasteiger partial charge in [0.2, 0.25) is 0 Å². The summed E-state index contributed by atoms with van der Waals surface area (Å²) >= 11 is 0. The van der Waals surface area contributed by atoms with Gasteiger partial charge in [-0.25, -0.2) is 4.79 Å². The molecule has 4 heteroatoms. The molecule has 1 aliphatic rings. The van der Waals surface area contributed by atoms with Gasteiger partial charge in [0.1, 0.15) is 0 Å². The molecular weight excluding hydrogens is 256 g/mol. The van der Waals surface area contributed by atoms with Crippen molar-refractivity contribution in [3.63, 3.8) is 0 Å².